The summed E-state index contributed by atoms with van der Waals surface area (Å²) in [5.74, 6) is 0.0412. The number of aryl methyl sites for hydroxylation is 2. The fraction of sp³-hybridized carbons (Fsp3) is 0.370. The second-order valence-electron chi connectivity index (χ2n) is 10.2. The SMILES string of the molecule is Cc1ccc([C@@H]2c3sc(=O)[nH]c3S[C@@H]3[C@H]4C[C@@H]([C@@H]5C(=O)N(c6ccc(C)cc6)C(=O)[C@H]45)[C@@H]23)cc1. The molecule has 0 spiro atoms. The molecule has 2 aliphatic carbocycles. The van der Waals surface area contributed by atoms with Gasteiger partial charge in [0, 0.05) is 16.0 Å². The summed E-state index contributed by atoms with van der Waals surface area (Å²) < 4.78 is 0. The van der Waals surface area contributed by atoms with Gasteiger partial charge in [-0.1, -0.05) is 58.9 Å². The monoisotopic (exact) mass is 488 g/mol. The summed E-state index contributed by atoms with van der Waals surface area (Å²) >= 11 is 3.04. The average Bonchev–Trinajstić information content (AvgIpc) is 3.54. The molecule has 34 heavy (non-hydrogen) atoms. The van der Waals surface area contributed by atoms with Crippen LogP contribution in [0.2, 0.25) is 0 Å². The zero-order valence-corrected chi connectivity index (χ0v) is 20.5. The van der Waals surface area contributed by atoms with Gasteiger partial charge < -0.3 is 4.98 Å². The Morgan fingerprint density at radius 2 is 1.47 bits per heavy atom. The van der Waals surface area contributed by atoms with E-state index in [9.17, 15) is 14.4 Å². The third kappa shape index (κ3) is 2.71. The molecule has 2 aromatic carbocycles. The molecule has 4 aliphatic rings. The van der Waals surface area contributed by atoms with Gasteiger partial charge in [-0.05, 0) is 55.7 Å². The van der Waals surface area contributed by atoms with Crippen LogP contribution in [0, 0.1) is 43.4 Å². The predicted molar refractivity (Wildman–Crippen MR) is 133 cm³/mol. The van der Waals surface area contributed by atoms with E-state index in [1.165, 1.54) is 27.4 Å². The van der Waals surface area contributed by atoms with Gasteiger partial charge in [0.25, 0.3) is 0 Å². The lowest BCUT2D eigenvalue weighted by Gasteiger charge is -2.43. The molecule has 172 valence electrons. The molecule has 0 unspecified atom stereocenters. The van der Waals surface area contributed by atoms with Gasteiger partial charge in [0.05, 0.1) is 22.5 Å². The molecule has 7 atom stereocenters. The zero-order chi connectivity index (χ0) is 23.3. The number of amides is 2. The molecule has 2 saturated carbocycles. The van der Waals surface area contributed by atoms with Gasteiger partial charge in [-0.25, -0.2) is 0 Å². The molecule has 7 heteroatoms. The number of fused-ring (bicyclic) bond motifs is 9. The van der Waals surface area contributed by atoms with E-state index < -0.39 is 0 Å². The Bertz CT molecular complexity index is 1390. The number of aromatic nitrogens is 1. The first-order valence-corrected chi connectivity index (χ1v) is 13.5. The number of carbonyl (C=O) groups is 2. The molecular weight excluding hydrogens is 464 g/mol. The molecule has 7 rings (SSSR count). The smallest absolute Gasteiger partial charge is 0.305 e. The molecule has 0 radical (unpaired) electrons. The molecule has 2 aliphatic heterocycles. The van der Waals surface area contributed by atoms with E-state index in [0.717, 1.165) is 21.9 Å². The van der Waals surface area contributed by atoms with Crippen LogP contribution in [0.25, 0.3) is 0 Å². The number of aromatic amines is 1. The molecule has 1 N–H and O–H groups in total. The molecule has 2 amide bonds. The molecule has 3 fully saturated rings. The molecule has 3 heterocycles. The van der Waals surface area contributed by atoms with Crippen molar-refractivity contribution in [2.24, 2.45) is 29.6 Å². The number of hydrogen-bond acceptors (Lipinski definition) is 5. The number of nitrogens with zero attached hydrogens (tertiary/aromatic N) is 1. The highest BCUT2D eigenvalue weighted by atomic mass is 32.2. The zero-order valence-electron chi connectivity index (χ0n) is 18.9. The number of H-pyrrole nitrogens is 1. The normalized spacial score (nSPS) is 33.2. The number of rotatable bonds is 2. The number of anilines is 1. The van der Waals surface area contributed by atoms with E-state index >= 15 is 0 Å². The molecule has 1 aromatic heterocycles. The number of imide groups is 1. The lowest BCUT2D eigenvalue weighted by molar-refractivity contribution is -0.123. The molecule has 3 aromatic rings. The van der Waals surface area contributed by atoms with Crippen molar-refractivity contribution in [1.82, 2.24) is 4.98 Å². The van der Waals surface area contributed by atoms with Crippen molar-refractivity contribution in [2.45, 2.75) is 36.5 Å². The molecule has 5 nitrogen and oxygen atoms in total. The maximum Gasteiger partial charge on any atom is 0.305 e. The minimum absolute atomic E-state index is 0.0279. The van der Waals surface area contributed by atoms with E-state index in [4.69, 9.17) is 0 Å². The first-order valence-electron chi connectivity index (χ1n) is 11.8. The highest BCUT2D eigenvalue weighted by Crippen LogP contribution is 2.68. The van der Waals surface area contributed by atoms with Crippen LogP contribution in [0.15, 0.2) is 58.4 Å². The molecule has 2 bridgehead atoms. The highest BCUT2D eigenvalue weighted by Gasteiger charge is 2.69. The number of thiazole rings is 1. The number of thioether (sulfide) groups is 1. The number of hydrogen-bond donors (Lipinski definition) is 1. The van der Waals surface area contributed by atoms with E-state index in [0.29, 0.717) is 5.69 Å². The number of carbonyl (C=O) groups excluding carboxylic acids is 2. The molecular formula is C27H24N2O3S2. The van der Waals surface area contributed by atoms with Crippen LogP contribution in [-0.4, -0.2) is 22.0 Å². The summed E-state index contributed by atoms with van der Waals surface area (Å²) in [5, 5.41) is 1.18. The lowest BCUT2D eigenvalue weighted by Crippen LogP contribution is -2.42. The average molecular weight is 489 g/mol. The van der Waals surface area contributed by atoms with Gasteiger partial charge in [-0.15, -0.1) is 11.8 Å². The van der Waals surface area contributed by atoms with Crippen LogP contribution in [0.5, 0.6) is 0 Å². The third-order valence-corrected chi connectivity index (χ3v) is 11.0. The van der Waals surface area contributed by atoms with Gasteiger partial charge in [0.2, 0.25) is 11.8 Å². The van der Waals surface area contributed by atoms with Gasteiger partial charge in [-0.3, -0.25) is 19.3 Å². The molecule has 1 saturated heterocycles. The maximum absolute atomic E-state index is 13.7. The fourth-order valence-electron chi connectivity index (χ4n) is 7.11. The standard InChI is InChI=1S/C27H24N2O3S2/c1-12-3-7-14(8-4-12)18-19-16-11-17(22(19)33-24-23(18)34-27(32)28-24)21-20(16)25(30)29(26(21)31)15-9-5-13(2)6-10-15/h3-10,16-22H,11H2,1-2H3,(H,28,32)/t16-,17+,18+,19+,20+,21-,22-/m1/s1. The van der Waals surface area contributed by atoms with Crippen molar-refractivity contribution < 1.29 is 9.59 Å². The summed E-state index contributed by atoms with van der Waals surface area (Å²) in [6.45, 7) is 4.08. The van der Waals surface area contributed by atoms with Gasteiger partial charge >= 0.3 is 4.87 Å². The Morgan fingerprint density at radius 1 is 0.853 bits per heavy atom. The Balaban J connectivity index is 1.32. The van der Waals surface area contributed by atoms with Crippen LogP contribution >= 0.6 is 23.1 Å². The van der Waals surface area contributed by atoms with Crippen LogP contribution in [0.4, 0.5) is 5.69 Å². The predicted octanol–water partition coefficient (Wildman–Crippen LogP) is 4.73. The summed E-state index contributed by atoms with van der Waals surface area (Å²) in [7, 11) is 0. The maximum atomic E-state index is 13.7. The van der Waals surface area contributed by atoms with Gasteiger partial charge in [0.15, 0.2) is 0 Å². The Hall–Kier alpha value is -2.64. The minimum Gasteiger partial charge on any atom is -0.307 e. The van der Waals surface area contributed by atoms with Crippen molar-refractivity contribution in [3.63, 3.8) is 0 Å². The first kappa shape index (κ1) is 20.7. The second kappa shape index (κ2) is 7.18. The van der Waals surface area contributed by atoms with Crippen LogP contribution < -0.4 is 9.77 Å². The van der Waals surface area contributed by atoms with Crippen LogP contribution in [-0.2, 0) is 9.59 Å². The van der Waals surface area contributed by atoms with E-state index in [-0.39, 0.29) is 57.4 Å². The summed E-state index contributed by atoms with van der Waals surface area (Å²) in [4.78, 5) is 45.3. The first-order chi connectivity index (χ1) is 16.4. The quantitative estimate of drug-likeness (QED) is 0.530. The number of nitrogens with one attached hydrogen (secondary N) is 1. The Labute approximate surface area is 205 Å². The van der Waals surface area contributed by atoms with Crippen molar-refractivity contribution in [2.75, 3.05) is 4.90 Å². The van der Waals surface area contributed by atoms with Crippen LogP contribution in [0.3, 0.4) is 0 Å². The Kier molecular flexibility index (Phi) is 4.38. The van der Waals surface area contributed by atoms with Crippen molar-refractivity contribution in [3.8, 4) is 0 Å². The summed E-state index contributed by atoms with van der Waals surface area (Å²) in [5.41, 5.74) is 4.19. The summed E-state index contributed by atoms with van der Waals surface area (Å²) in [6, 6.07) is 16.3. The Morgan fingerprint density at radius 3 is 2.15 bits per heavy atom. The fourth-order valence-corrected chi connectivity index (χ4v) is 10.0. The topological polar surface area (TPSA) is 70.2 Å². The summed E-state index contributed by atoms with van der Waals surface area (Å²) in [6.07, 6.45) is 0.915. The van der Waals surface area contributed by atoms with E-state index in [1.54, 1.807) is 11.8 Å². The number of benzene rings is 2. The van der Waals surface area contributed by atoms with Crippen LogP contribution in [0.1, 0.15) is 33.9 Å². The van der Waals surface area contributed by atoms with Crippen molar-refractivity contribution in [3.05, 3.63) is 79.8 Å². The van der Waals surface area contributed by atoms with Gasteiger partial charge in [0.1, 0.15) is 0 Å². The van der Waals surface area contributed by atoms with Crippen molar-refractivity contribution in [1.29, 1.82) is 0 Å². The second-order valence-corrected chi connectivity index (χ2v) is 12.4. The van der Waals surface area contributed by atoms with E-state index in [1.807, 2.05) is 31.2 Å². The largest absolute Gasteiger partial charge is 0.307 e. The van der Waals surface area contributed by atoms with E-state index in [2.05, 4.69) is 36.2 Å². The van der Waals surface area contributed by atoms with Crippen molar-refractivity contribution >= 4 is 40.6 Å². The van der Waals surface area contributed by atoms with Gasteiger partial charge in [-0.2, -0.15) is 0 Å². The highest BCUT2D eigenvalue weighted by molar-refractivity contribution is 8.00. The lowest BCUT2D eigenvalue weighted by atomic mass is 9.68. The third-order valence-electron chi connectivity index (χ3n) is 8.45. The minimum atomic E-state index is -0.259.